The number of halogens is 3. The maximum atomic E-state index is 11.9. The Morgan fingerprint density at radius 1 is 1.05 bits per heavy atom. The van der Waals surface area contributed by atoms with Crippen molar-refractivity contribution in [2.45, 2.75) is 45.8 Å². The number of hydrogen-bond donors (Lipinski definition) is 1. The number of alkyl halides is 3. The first-order valence-corrected chi connectivity index (χ1v) is 6.72. The van der Waals surface area contributed by atoms with Crippen LogP contribution in [0.1, 0.15) is 37.8 Å². The fourth-order valence-electron chi connectivity index (χ4n) is 1.91. The molecule has 1 aromatic rings. The van der Waals surface area contributed by atoms with E-state index in [-0.39, 0.29) is 6.42 Å². The molecule has 0 amide bonds. The molecule has 0 atom stereocenters. The Labute approximate surface area is 113 Å². The van der Waals surface area contributed by atoms with Gasteiger partial charge in [-0.15, -0.1) is 0 Å². The Hall–Kier alpha value is -1.03. The Bertz CT molecular complexity index is 355. The van der Waals surface area contributed by atoms with Crippen LogP contribution in [0.25, 0.3) is 0 Å². The second-order valence-corrected chi connectivity index (χ2v) is 5.31. The highest BCUT2D eigenvalue weighted by atomic mass is 19.4. The molecule has 0 bridgehead atoms. The molecule has 108 valence electrons. The van der Waals surface area contributed by atoms with E-state index in [1.54, 1.807) is 0 Å². The van der Waals surface area contributed by atoms with Gasteiger partial charge < -0.3 is 5.32 Å². The SMILES string of the molecule is CC(C)Cc1ccc(CNCCCC(F)(F)F)cc1. The van der Waals surface area contributed by atoms with Crippen LogP contribution in [0.15, 0.2) is 24.3 Å². The van der Waals surface area contributed by atoms with Gasteiger partial charge in [-0.25, -0.2) is 0 Å². The van der Waals surface area contributed by atoms with Crippen LogP contribution in [0, 0.1) is 5.92 Å². The molecular weight excluding hydrogens is 251 g/mol. The van der Waals surface area contributed by atoms with E-state index in [1.807, 2.05) is 12.1 Å². The summed E-state index contributed by atoms with van der Waals surface area (Å²) in [6.45, 7) is 5.37. The minimum absolute atomic E-state index is 0.134. The lowest BCUT2D eigenvalue weighted by Gasteiger charge is -2.09. The number of nitrogens with one attached hydrogen (secondary N) is 1. The van der Waals surface area contributed by atoms with Crippen molar-refractivity contribution < 1.29 is 13.2 Å². The van der Waals surface area contributed by atoms with Crippen LogP contribution in [0.5, 0.6) is 0 Å². The largest absolute Gasteiger partial charge is 0.389 e. The lowest BCUT2D eigenvalue weighted by atomic mass is 10.0. The van der Waals surface area contributed by atoms with E-state index in [4.69, 9.17) is 0 Å². The minimum atomic E-state index is -4.04. The standard InChI is InChI=1S/C15H22F3N/c1-12(2)10-13-4-6-14(7-5-13)11-19-9-3-8-15(16,17)18/h4-7,12,19H,3,8-11H2,1-2H3. The van der Waals surface area contributed by atoms with Crippen molar-refractivity contribution in [1.29, 1.82) is 0 Å². The van der Waals surface area contributed by atoms with Crippen LogP contribution in [0.4, 0.5) is 13.2 Å². The van der Waals surface area contributed by atoms with Crippen LogP contribution in [-0.2, 0) is 13.0 Å². The first kappa shape index (κ1) is 16.0. The van der Waals surface area contributed by atoms with E-state index in [2.05, 4.69) is 31.3 Å². The summed E-state index contributed by atoms with van der Waals surface area (Å²) in [6.07, 6.45) is -3.57. The summed E-state index contributed by atoms with van der Waals surface area (Å²) in [7, 11) is 0. The van der Waals surface area contributed by atoms with Gasteiger partial charge in [0.05, 0.1) is 0 Å². The van der Waals surface area contributed by atoms with Crippen molar-refractivity contribution in [1.82, 2.24) is 5.32 Å². The van der Waals surface area contributed by atoms with E-state index < -0.39 is 12.6 Å². The predicted molar refractivity (Wildman–Crippen MR) is 72.0 cm³/mol. The van der Waals surface area contributed by atoms with Crippen molar-refractivity contribution >= 4 is 0 Å². The molecule has 1 rings (SSSR count). The fourth-order valence-corrected chi connectivity index (χ4v) is 1.91. The van der Waals surface area contributed by atoms with Gasteiger partial charge in [-0.05, 0) is 36.4 Å². The molecule has 0 saturated carbocycles. The highest BCUT2D eigenvalue weighted by molar-refractivity contribution is 5.22. The third-order valence-electron chi connectivity index (χ3n) is 2.81. The lowest BCUT2D eigenvalue weighted by Crippen LogP contribution is -2.17. The zero-order valence-corrected chi connectivity index (χ0v) is 11.6. The van der Waals surface area contributed by atoms with Gasteiger partial charge in [0.25, 0.3) is 0 Å². The molecule has 0 unspecified atom stereocenters. The van der Waals surface area contributed by atoms with Crippen molar-refractivity contribution in [3.63, 3.8) is 0 Å². The molecule has 1 N–H and O–H groups in total. The number of hydrogen-bond acceptors (Lipinski definition) is 1. The van der Waals surface area contributed by atoms with Gasteiger partial charge in [-0.3, -0.25) is 0 Å². The average Bonchev–Trinajstić information content (AvgIpc) is 2.28. The van der Waals surface area contributed by atoms with Crippen molar-refractivity contribution in [3.8, 4) is 0 Å². The number of benzene rings is 1. The van der Waals surface area contributed by atoms with Gasteiger partial charge in [-0.2, -0.15) is 13.2 Å². The molecule has 0 aromatic heterocycles. The summed E-state index contributed by atoms with van der Waals surface area (Å²) < 4.78 is 35.8. The molecule has 4 heteroatoms. The van der Waals surface area contributed by atoms with E-state index in [1.165, 1.54) is 5.56 Å². The summed E-state index contributed by atoms with van der Waals surface area (Å²) in [6, 6.07) is 8.25. The molecule has 1 aromatic carbocycles. The van der Waals surface area contributed by atoms with Crippen LogP contribution >= 0.6 is 0 Å². The topological polar surface area (TPSA) is 12.0 Å². The van der Waals surface area contributed by atoms with Gasteiger partial charge in [0, 0.05) is 13.0 Å². The maximum Gasteiger partial charge on any atom is 0.389 e. The smallest absolute Gasteiger partial charge is 0.313 e. The molecule has 0 saturated heterocycles. The molecule has 0 spiro atoms. The first-order valence-electron chi connectivity index (χ1n) is 6.72. The summed E-state index contributed by atoms with van der Waals surface area (Å²) in [4.78, 5) is 0. The zero-order valence-electron chi connectivity index (χ0n) is 11.6. The third kappa shape index (κ3) is 7.88. The Kier molecular flexibility index (Phi) is 6.35. The molecule has 0 aliphatic heterocycles. The molecule has 0 aliphatic carbocycles. The predicted octanol–water partition coefficient (Wildman–Crippen LogP) is 4.32. The summed E-state index contributed by atoms with van der Waals surface area (Å²) >= 11 is 0. The van der Waals surface area contributed by atoms with Gasteiger partial charge >= 0.3 is 6.18 Å². The van der Waals surface area contributed by atoms with E-state index >= 15 is 0 Å². The highest BCUT2D eigenvalue weighted by Gasteiger charge is 2.25. The molecule has 0 radical (unpaired) electrons. The Morgan fingerprint density at radius 2 is 1.63 bits per heavy atom. The molecule has 19 heavy (non-hydrogen) atoms. The van der Waals surface area contributed by atoms with Gasteiger partial charge in [0.1, 0.15) is 0 Å². The van der Waals surface area contributed by atoms with Crippen LogP contribution in [0.3, 0.4) is 0 Å². The Morgan fingerprint density at radius 3 is 2.16 bits per heavy atom. The quantitative estimate of drug-likeness (QED) is 0.730. The zero-order chi connectivity index (χ0) is 14.3. The Balaban J connectivity index is 2.23. The number of rotatable bonds is 7. The molecule has 1 nitrogen and oxygen atoms in total. The monoisotopic (exact) mass is 273 g/mol. The molecular formula is C15H22F3N. The summed E-state index contributed by atoms with van der Waals surface area (Å²) in [5.41, 5.74) is 2.41. The maximum absolute atomic E-state index is 11.9. The van der Waals surface area contributed by atoms with Crippen LogP contribution < -0.4 is 5.32 Å². The van der Waals surface area contributed by atoms with Gasteiger partial charge in [-0.1, -0.05) is 38.1 Å². The van der Waals surface area contributed by atoms with Crippen LogP contribution in [0.2, 0.25) is 0 Å². The van der Waals surface area contributed by atoms with Crippen LogP contribution in [-0.4, -0.2) is 12.7 Å². The van der Waals surface area contributed by atoms with E-state index in [0.717, 1.165) is 12.0 Å². The summed E-state index contributed by atoms with van der Waals surface area (Å²) in [5.74, 6) is 0.631. The second-order valence-electron chi connectivity index (χ2n) is 5.31. The third-order valence-corrected chi connectivity index (χ3v) is 2.81. The average molecular weight is 273 g/mol. The van der Waals surface area contributed by atoms with Crippen molar-refractivity contribution in [2.75, 3.05) is 6.54 Å². The highest BCUT2D eigenvalue weighted by Crippen LogP contribution is 2.20. The summed E-state index contributed by atoms with van der Waals surface area (Å²) in [5, 5.41) is 3.03. The lowest BCUT2D eigenvalue weighted by molar-refractivity contribution is -0.135. The molecule has 0 fully saturated rings. The van der Waals surface area contributed by atoms with Crippen molar-refractivity contribution in [2.24, 2.45) is 5.92 Å². The fraction of sp³-hybridized carbons (Fsp3) is 0.600. The van der Waals surface area contributed by atoms with E-state index in [0.29, 0.717) is 19.0 Å². The van der Waals surface area contributed by atoms with Crippen molar-refractivity contribution in [3.05, 3.63) is 35.4 Å². The minimum Gasteiger partial charge on any atom is -0.313 e. The normalized spacial score (nSPS) is 12.1. The van der Waals surface area contributed by atoms with E-state index in [9.17, 15) is 13.2 Å². The second kappa shape index (κ2) is 7.53. The molecule has 0 aliphatic rings. The first-order chi connectivity index (χ1) is 8.87. The van der Waals surface area contributed by atoms with Gasteiger partial charge in [0.2, 0.25) is 0 Å². The van der Waals surface area contributed by atoms with Gasteiger partial charge in [0.15, 0.2) is 0 Å². The molecule has 0 heterocycles.